The molecule has 1 aromatic rings. The van der Waals surface area contributed by atoms with E-state index in [0.29, 0.717) is 6.42 Å². The third-order valence-corrected chi connectivity index (χ3v) is 2.87. The summed E-state index contributed by atoms with van der Waals surface area (Å²) in [6.07, 6.45) is 3.72. The van der Waals surface area contributed by atoms with Gasteiger partial charge in [-0.05, 0) is 30.9 Å². The van der Waals surface area contributed by atoms with Crippen molar-refractivity contribution in [2.24, 2.45) is 0 Å². The molecule has 0 radical (unpaired) electrons. The zero-order valence-electron chi connectivity index (χ0n) is 9.20. The van der Waals surface area contributed by atoms with Crippen LogP contribution in [-0.2, 0) is 11.2 Å². The molecule has 2 rings (SSSR count). The van der Waals surface area contributed by atoms with Crippen LogP contribution in [0.1, 0.15) is 31.7 Å². The third kappa shape index (κ3) is 2.04. The molecular formula is C13H17NO. The number of carbonyl (C=O) groups excluding carboxylic acids is 1. The maximum atomic E-state index is 11.9. The molecule has 15 heavy (non-hydrogen) atoms. The van der Waals surface area contributed by atoms with Gasteiger partial charge >= 0.3 is 0 Å². The summed E-state index contributed by atoms with van der Waals surface area (Å²) in [7, 11) is 0. The summed E-state index contributed by atoms with van der Waals surface area (Å²) in [5, 5.41) is 0. The van der Waals surface area contributed by atoms with Gasteiger partial charge in [0.15, 0.2) is 0 Å². The molecule has 0 aliphatic carbocycles. The van der Waals surface area contributed by atoms with Crippen LogP contribution in [0.4, 0.5) is 5.69 Å². The number of fused-ring (bicyclic) bond motifs is 1. The Morgan fingerprint density at radius 1 is 1.27 bits per heavy atom. The molecule has 2 heteroatoms. The Hall–Kier alpha value is -1.31. The Labute approximate surface area is 90.9 Å². The van der Waals surface area contributed by atoms with E-state index in [1.807, 2.05) is 11.0 Å². The van der Waals surface area contributed by atoms with E-state index in [2.05, 4.69) is 25.1 Å². The zero-order valence-corrected chi connectivity index (χ0v) is 9.20. The van der Waals surface area contributed by atoms with E-state index in [1.54, 1.807) is 0 Å². The molecule has 0 saturated carbocycles. The van der Waals surface area contributed by atoms with Crippen molar-refractivity contribution in [2.45, 2.75) is 32.6 Å². The van der Waals surface area contributed by atoms with Crippen molar-refractivity contribution in [1.29, 1.82) is 0 Å². The highest BCUT2D eigenvalue weighted by Crippen LogP contribution is 2.26. The van der Waals surface area contributed by atoms with E-state index in [4.69, 9.17) is 0 Å². The van der Waals surface area contributed by atoms with Gasteiger partial charge in [-0.3, -0.25) is 4.79 Å². The van der Waals surface area contributed by atoms with Gasteiger partial charge < -0.3 is 4.90 Å². The minimum Gasteiger partial charge on any atom is -0.312 e. The first-order valence-electron chi connectivity index (χ1n) is 5.71. The monoisotopic (exact) mass is 203 g/mol. The van der Waals surface area contributed by atoms with Crippen molar-refractivity contribution >= 4 is 11.6 Å². The summed E-state index contributed by atoms with van der Waals surface area (Å²) >= 11 is 0. The molecule has 0 spiro atoms. The van der Waals surface area contributed by atoms with Gasteiger partial charge in [0.1, 0.15) is 0 Å². The minimum atomic E-state index is 0.279. The smallest absolute Gasteiger partial charge is 0.226 e. The molecule has 1 aromatic carbocycles. The lowest BCUT2D eigenvalue weighted by molar-refractivity contribution is -0.118. The minimum absolute atomic E-state index is 0.279. The van der Waals surface area contributed by atoms with Crippen molar-refractivity contribution in [3.63, 3.8) is 0 Å². The molecule has 1 heterocycles. The summed E-state index contributed by atoms with van der Waals surface area (Å²) < 4.78 is 0. The third-order valence-electron chi connectivity index (χ3n) is 2.87. The fourth-order valence-corrected chi connectivity index (χ4v) is 2.15. The first-order valence-corrected chi connectivity index (χ1v) is 5.71. The normalized spacial score (nSPS) is 16.1. The van der Waals surface area contributed by atoms with E-state index in [0.717, 1.165) is 31.5 Å². The van der Waals surface area contributed by atoms with Gasteiger partial charge in [-0.1, -0.05) is 25.1 Å². The number of amides is 1. The maximum absolute atomic E-state index is 11.9. The molecule has 0 aromatic heterocycles. The fourth-order valence-electron chi connectivity index (χ4n) is 2.15. The van der Waals surface area contributed by atoms with Gasteiger partial charge in [-0.15, -0.1) is 0 Å². The SMILES string of the molecule is CCCN1C(=O)CCCc2ccccc21. The van der Waals surface area contributed by atoms with Gasteiger partial charge in [-0.2, -0.15) is 0 Å². The Morgan fingerprint density at radius 2 is 2.07 bits per heavy atom. The number of anilines is 1. The summed E-state index contributed by atoms with van der Waals surface area (Å²) in [4.78, 5) is 13.8. The molecule has 1 aliphatic heterocycles. The molecular weight excluding hydrogens is 186 g/mol. The Morgan fingerprint density at radius 3 is 2.87 bits per heavy atom. The second-order valence-corrected chi connectivity index (χ2v) is 4.03. The van der Waals surface area contributed by atoms with E-state index < -0.39 is 0 Å². The van der Waals surface area contributed by atoms with Crippen LogP contribution >= 0.6 is 0 Å². The summed E-state index contributed by atoms with van der Waals surface area (Å²) in [5.74, 6) is 0.279. The topological polar surface area (TPSA) is 20.3 Å². The molecule has 0 bridgehead atoms. The second-order valence-electron chi connectivity index (χ2n) is 4.03. The number of hydrogen-bond acceptors (Lipinski definition) is 1. The molecule has 0 atom stereocenters. The lowest BCUT2D eigenvalue weighted by atomic mass is 10.1. The summed E-state index contributed by atoms with van der Waals surface area (Å²) in [6, 6.07) is 8.27. The van der Waals surface area contributed by atoms with Gasteiger partial charge in [0.05, 0.1) is 0 Å². The van der Waals surface area contributed by atoms with Crippen LogP contribution in [-0.4, -0.2) is 12.5 Å². The lowest BCUT2D eigenvalue weighted by Crippen LogP contribution is -2.30. The molecule has 0 unspecified atom stereocenters. The quantitative estimate of drug-likeness (QED) is 0.723. The zero-order chi connectivity index (χ0) is 10.7. The van der Waals surface area contributed by atoms with Crippen LogP contribution in [0, 0.1) is 0 Å². The predicted octanol–water partition coefficient (Wildman–Crippen LogP) is 2.77. The Bertz CT molecular complexity index is 359. The highest BCUT2D eigenvalue weighted by molar-refractivity contribution is 5.94. The molecule has 80 valence electrons. The summed E-state index contributed by atoms with van der Waals surface area (Å²) in [6.45, 7) is 2.95. The van der Waals surface area contributed by atoms with Crippen LogP contribution in [0.25, 0.3) is 0 Å². The van der Waals surface area contributed by atoms with Gasteiger partial charge in [-0.25, -0.2) is 0 Å². The van der Waals surface area contributed by atoms with Crippen molar-refractivity contribution in [1.82, 2.24) is 0 Å². The molecule has 0 saturated heterocycles. The maximum Gasteiger partial charge on any atom is 0.226 e. The molecule has 1 amide bonds. The van der Waals surface area contributed by atoms with Crippen LogP contribution in [0.5, 0.6) is 0 Å². The molecule has 0 N–H and O–H groups in total. The molecule has 2 nitrogen and oxygen atoms in total. The Balaban J connectivity index is 2.38. The highest BCUT2D eigenvalue weighted by atomic mass is 16.2. The second kappa shape index (κ2) is 4.47. The molecule has 0 fully saturated rings. The van der Waals surface area contributed by atoms with Crippen molar-refractivity contribution < 1.29 is 4.79 Å². The van der Waals surface area contributed by atoms with Gasteiger partial charge in [0.25, 0.3) is 0 Å². The van der Waals surface area contributed by atoms with Crippen LogP contribution in [0.3, 0.4) is 0 Å². The fraction of sp³-hybridized carbons (Fsp3) is 0.462. The average Bonchev–Trinajstić information content (AvgIpc) is 2.40. The van der Waals surface area contributed by atoms with Crippen molar-refractivity contribution in [3.05, 3.63) is 29.8 Å². The van der Waals surface area contributed by atoms with Crippen molar-refractivity contribution in [3.8, 4) is 0 Å². The average molecular weight is 203 g/mol. The standard InChI is InChI=1S/C13H17NO/c1-2-10-14-12-8-4-3-6-11(12)7-5-9-13(14)15/h3-4,6,8H,2,5,7,9-10H2,1H3. The van der Waals surface area contributed by atoms with Crippen LogP contribution in [0.15, 0.2) is 24.3 Å². The molecule has 1 aliphatic rings. The lowest BCUT2D eigenvalue weighted by Gasteiger charge is -2.22. The first kappa shape index (κ1) is 10.2. The first-order chi connectivity index (χ1) is 7.33. The Kier molecular flexibility index (Phi) is 3.05. The number of rotatable bonds is 2. The number of para-hydroxylation sites is 1. The van der Waals surface area contributed by atoms with Crippen LogP contribution < -0.4 is 4.90 Å². The predicted molar refractivity (Wildman–Crippen MR) is 62.0 cm³/mol. The van der Waals surface area contributed by atoms with E-state index in [-0.39, 0.29) is 5.91 Å². The van der Waals surface area contributed by atoms with Gasteiger partial charge in [0, 0.05) is 18.7 Å². The van der Waals surface area contributed by atoms with Gasteiger partial charge in [0.2, 0.25) is 5.91 Å². The number of nitrogens with zero attached hydrogens (tertiary/aromatic N) is 1. The number of carbonyl (C=O) groups is 1. The number of hydrogen-bond donors (Lipinski definition) is 0. The van der Waals surface area contributed by atoms with E-state index >= 15 is 0 Å². The number of aryl methyl sites for hydroxylation is 1. The number of benzene rings is 1. The van der Waals surface area contributed by atoms with Crippen LogP contribution in [0.2, 0.25) is 0 Å². The highest BCUT2D eigenvalue weighted by Gasteiger charge is 2.20. The van der Waals surface area contributed by atoms with Crippen molar-refractivity contribution in [2.75, 3.05) is 11.4 Å². The van der Waals surface area contributed by atoms with E-state index in [1.165, 1.54) is 5.56 Å². The summed E-state index contributed by atoms with van der Waals surface area (Å²) in [5.41, 5.74) is 2.44. The largest absolute Gasteiger partial charge is 0.312 e. The van der Waals surface area contributed by atoms with E-state index in [9.17, 15) is 4.79 Å².